The molecule has 1 fully saturated rings. The Hall–Kier alpha value is -1.86. The Kier molecular flexibility index (Phi) is 6.61. The minimum absolute atomic E-state index is 0.0170. The first-order valence-corrected chi connectivity index (χ1v) is 12.7. The van der Waals surface area contributed by atoms with Crippen LogP contribution in [0, 0.1) is 5.92 Å². The number of hydrogen-bond acceptors (Lipinski definition) is 5. The predicted octanol–water partition coefficient (Wildman–Crippen LogP) is 4.00. The van der Waals surface area contributed by atoms with Crippen molar-refractivity contribution in [1.29, 1.82) is 0 Å². The molecular weight excluding hydrogens is 374 g/mol. The Morgan fingerprint density at radius 1 is 1.21 bits per heavy atom. The highest BCUT2D eigenvalue weighted by atomic mass is 28.4. The first kappa shape index (κ1) is 22.4. The van der Waals surface area contributed by atoms with E-state index in [1.807, 2.05) is 6.92 Å². The van der Waals surface area contributed by atoms with E-state index < -0.39 is 26.2 Å². The van der Waals surface area contributed by atoms with E-state index in [1.165, 1.54) is 4.90 Å². The highest BCUT2D eigenvalue weighted by molar-refractivity contribution is 6.74. The number of β-lactam (4-membered cyclic amide) rings is 1. The van der Waals surface area contributed by atoms with E-state index in [0.717, 1.165) is 0 Å². The maximum absolute atomic E-state index is 13.0. The van der Waals surface area contributed by atoms with E-state index in [0.29, 0.717) is 11.4 Å². The summed E-state index contributed by atoms with van der Waals surface area (Å²) < 4.78 is 16.9. The number of methoxy groups -OCH3 is 1. The molecule has 3 atom stereocenters. The van der Waals surface area contributed by atoms with Crippen molar-refractivity contribution in [3.8, 4) is 5.75 Å². The summed E-state index contributed by atoms with van der Waals surface area (Å²) in [6.45, 7) is 14.7. The van der Waals surface area contributed by atoms with Gasteiger partial charge < -0.3 is 13.9 Å². The van der Waals surface area contributed by atoms with Crippen LogP contribution in [0.25, 0.3) is 0 Å². The number of carbonyl (C=O) groups excluding carboxylic acids is 2. The largest absolute Gasteiger partial charge is 0.497 e. The lowest BCUT2D eigenvalue weighted by molar-refractivity contribution is -0.157. The lowest BCUT2D eigenvalue weighted by Crippen LogP contribution is -2.69. The molecule has 1 saturated heterocycles. The fraction of sp³-hybridized carbons (Fsp3) is 0.619. The summed E-state index contributed by atoms with van der Waals surface area (Å²) in [4.78, 5) is 27.2. The highest BCUT2D eigenvalue weighted by Crippen LogP contribution is 2.42. The molecule has 0 radical (unpaired) electrons. The quantitative estimate of drug-likeness (QED) is 0.388. The van der Waals surface area contributed by atoms with Gasteiger partial charge in [-0.3, -0.25) is 9.69 Å². The van der Waals surface area contributed by atoms with Gasteiger partial charge in [0, 0.05) is 5.69 Å². The van der Waals surface area contributed by atoms with Crippen LogP contribution in [0.1, 0.15) is 34.6 Å². The zero-order chi connectivity index (χ0) is 21.3. The maximum Gasteiger partial charge on any atom is 0.330 e. The average molecular weight is 408 g/mol. The van der Waals surface area contributed by atoms with Crippen LogP contribution in [0.5, 0.6) is 5.75 Å². The Bertz CT molecular complexity index is 711. The minimum atomic E-state index is -2.08. The Morgan fingerprint density at radius 2 is 1.79 bits per heavy atom. The van der Waals surface area contributed by atoms with Crippen molar-refractivity contribution < 1.29 is 23.5 Å². The number of nitrogens with zero attached hydrogens (tertiary/aromatic N) is 1. The monoisotopic (exact) mass is 407 g/mol. The van der Waals surface area contributed by atoms with Gasteiger partial charge in [0.15, 0.2) is 8.32 Å². The molecule has 1 aromatic rings. The molecule has 0 bridgehead atoms. The van der Waals surface area contributed by atoms with E-state index >= 15 is 0 Å². The molecule has 0 N–H and O–H groups in total. The van der Waals surface area contributed by atoms with Gasteiger partial charge >= 0.3 is 5.97 Å². The van der Waals surface area contributed by atoms with Crippen LogP contribution < -0.4 is 9.64 Å². The van der Waals surface area contributed by atoms with Gasteiger partial charge in [-0.15, -0.1) is 0 Å². The zero-order valence-corrected chi connectivity index (χ0v) is 19.2. The van der Waals surface area contributed by atoms with Gasteiger partial charge in [0.25, 0.3) is 0 Å². The molecule has 0 saturated carbocycles. The van der Waals surface area contributed by atoms with Gasteiger partial charge in [-0.05, 0) is 56.2 Å². The Balaban J connectivity index is 2.28. The van der Waals surface area contributed by atoms with Crippen molar-refractivity contribution in [1.82, 2.24) is 0 Å². The fourth-order valence-electron chi connectivity index (χ4n) is 3.19. The molecule has 1 aliphatic heterocycles. The lowest BCUT2D eigenvalue weighted by Gasteiger charge is -2.49. The average Bonchev–Trinajstić information content (AvgIpc) is 2.58. The molecule has 1 aliphatic rings. The standard InChI is InChI=1S/C21H33NO5Si/c1-9-26-20(24)18-17(14(2)27-28(7,8)21(3,4)5)19(23)22(18)15-10-12-16(25-6)13-11-15/h10-14,17-18H,9H2,1-8H3/t14-,17-,18+/m1/s1. The summed E-state index contributed by atoms with van der Waals surface area (Å²) in [5.41, 5.74) is 0.652. The molecule has 1 heterocycles. The van der Waals surface area contributed by atoms with Gasteiger partial charge in [0.05, 0.1) is 25.7 Å². The van der Waals surface area contributed by atoms with Crippen LogP contribution in [0.4, 0.5) is 5.69 Å². The lowest BCUT2D eigenvalue weighted by atomic mass is 9.82. The van der Waals surface area contributed by atoms with Gasteiger partial charge in [-0.25, -0.2) is 4.79 Å². The number of rotatable bonds is 7. The Labute approximate surface area is 169 Å². The molecule has 156 valence electrons. The molecule has 1 aromatic carbocycles. The second kappa shape index (κ2) is 8.25. The molecule has 0 unspecified atom stereocenters. The molecular formula is C21H33NO5Si. The minimum Gasteiger partial charge on any atom is -0.497 e. The van der Waals surface area contributed by atoms with Crippen molar-refractivity contribution in [2.75, 3.05) is 18.6 Å². The van der Waals surface area contributed by atoms with E-state index in [2.05, 4.69) is 33.9 Å². The molecule has 0 aliphatic carbocycles. The SMILES string of the molecule is CCOC(=O)[C@@H]1[C@@H]([C@@H](C)O[Si](C)(C)C(C)(C)C)C(=O)N1c1ccc(OC)cc1. The fourth-order valence-corrected chi connectivity index (χ4v) is 4.62. The van der Waals surface area contributed by atoms with Crippen molar-refractivity contribution in [3.63, 3.8) is 0 Å². The van der Waals surface area contributed by atoms with Gasteiger partial charge in [-0.1, -0.05) is 20.8 Å². The van der Waals surface area contributed by atoms with Crippen molar-refractivity contribution in [2.24, 2.45) is 5.92 Å². The summed E-state index contributed by atoms with van der Waals surface area (Å²) in [6.07, 6.45) is -0.364. The van der Waals surface area contributed by atoms with Crippen LogP contribution in [0.15, 0.2) is 24.3 Å². The van der Waals surface area contributed by atoms with Crippen LogP contribution >= 0.6 is 0 Å². The number of ether oxygens (including phenoxy) is 2. The zero-order valence-electron chi connectivity index (χ0n) is 18.2. The third-order valence-electron chi connectivity index (χ3n) is 5.81. The molecule has 0 spiro atoms. The third kappa shape index (κ3) is 4.25. The Morgan fingerprint density at radius 3 is 2.25 bits per heavy atom. The normalized spacial score (nSPS) is 21.1. The predicted molar refractivity (Wildman–Crippen MR) is 112 cm³/mol. The van der Waals surface area contributed by atoms with Gasteiger partial charge in [-0.2, -0.15) is 0 Å². The third-order valence-corrected chi connectivity index (χ3v) is 10.4. The summed E-state index contributed by atoms with van der Waals surface area (Å²) in [6, 6.07) is 6.42. The van der Waals surface area contributed by atoms with E-state index in [-0.39, 0.29) is 23.7 Å². The number of hydrogen-bond donors (Lipinski definition) is 0. The summed E-state index contributed by atoms with van der Waals surface area (Å²) in [5, 5.41) is 0.0170. The maximum atomic E-state index is 13.0. The van der Waals surface area contributed by atoms with E-state index in [1.54, 1.807) is 38.3 Å². The second-order valence-corrected chi connectivity index (χ2v) is 13.5. The molecule has 6 nitrogen and oxygen atoms in total. The molecule has 7 heteroatoms. The van der Waals surface area contributed by atoms with E-state index in [4.69, 9.17) is 13.9 Å². The first-order valence-electron chi connectivity index (χ1n) is 9.76. The molecule has 1 amide bonds. The van der Waals surface area contributed by atoms with Crippen molar-refractivity contribution >= 4 is 25.9 Å². The van der Waals surface area contributed by atoms with Crippen LogP contribution in [-0.4, -0.2) is 46.1 Å². The molecule has 2 rings (SSSR count). The molecule has 28 heavy (non-hydrogen) atoms. The van der Waals surface area contributed by atoms with Crippen LogP contribution in [-0.2, 0) is 18.8 Å². The van der Waals surface area contributed by atoms with Gasteiger partial charge in [0.2, 0.25) is 5.91 Å². The number of amides is 1. The topological polar surface area (TPSA) is 65.1 Å². The number of benzene rings is 1. The number of carbonyl (C=O) groups is 2. The summed E-state index contributed by atoms with van der Waals surface area (Å²) in [5.74, 6) is -0.367. The van der Waals surface area contributed by atoms with Gasteiger partial charge in [0.1, 0.15) is 11.8 Å². The number of esters is 1. The van der Waals surface area contributed by atoms with Crippen LogP contribution in [0.2, 0.25) is 18.1 Å². The summed E-state index contributed by atoms with van der Waals surface area (Å²) in [7, 11) is -0.494. The second-order valence-electron chi connectivity index (χ2n) is 8.71. The van der Waals surface area contributed by atoms with Crippen molar-refractivity contribution in [2.45, 2.75) is 64.9 Å². The highest BCUT2D eigenvalue weighted by Gasteiger charge is 2.57. The number of anilines is 1. The van der Waals surface area contributed by atoms with Crippen LogP contribution in [0.3, 0.4) is 0 Å². The smallest absolute Gasteiger partial charge is 0.330 e. The first-order chi connectivity index (χ1) is 12.9. The van der Waals surface area contributed by atoms with E-state index in [9.17, 15) is 9.59 Å². The molecule has 0 aromatic heterocycles. The van der Waals surface area contributed by atoms with Crippen molar-refractivity contribution in [3.05, 3.63) is 24.3 Å². The summed E-state index contributed by atoms with van der Waals surface area (Å²) >= 11 is 0.